The van der Waals surface area contributed by atoms with Crippen molar-refractivity contribution in [3.8, 4) is 0 Å². The first-order valence-corrected chi connectivity index (χ1v) is 7.36. The number of rotatable bonds is 2. The molecule has 16 heavy (non-hydrogen) atoms. The molecule has 1 atom stereocenters. The molecule has 1 saturated heterocycles. The highest BCUT2D eigenvalue weighted by Gasteiger charge is 2.37. The summed E-state index contributed by atoms with van der Waals surface area (Å²) in [6, 6.07) is 0. The van der Waals surface area contributed by atoms with Gasteiger partial charge in [0.25, 0.3) is 20.2 Å². The normalized spacial score (nSPS) is 27.9. The topological polar surface area (TPSA) is 113 Å². The Balaban J connectivity index is 2.90. The molecule has 0 bridgehead atoms. The van der Waals surface area contributed by atoms with E-state index in [1.807, 2.05) is 0 Å². The monoisotopic (exact) mass is 274 g/mol. The van der Waals surface area contributed by atoms with E-state index in [1.165, 1.54) is 6.92 Å². The summed E-state index contributed by atoms with van der Waals surface area (Å²) in [5.41, 5.74) is 0. The molecule has 0 aliphatic carbocycles. The molecule has 1 rings (SSSR count). The maximum atomic E-state index is 11.2. The molecular formula is C6H10O8S2. The smallest absolute Gasteiger partial charge is 0.339 e. The van der Waals surface area contributed by atoms with E-state index in [9.17, 15) is 21.6 Å². The Morgan fingerprint density at radius 2 is 1.94 bits per heavy atom. The zero-order valence-electron chi connectivity index (χ0n) is 8.28. The highest BCUT2D eigenvalue weighted by molar-refractivity contribution is 8.03. The number of carbonyl (C=O) groups excluding carboxylic acids is 1. The number of hydrogen-bond donors (Lipinski definition) is 0. The highest BCUT2D eigenvalue weighted by Crippen LogP contribution is 2.13. The summed E-state index contributed by atoms with van der Waals surface area (Å²) in [5.74, 6) is -0.983. The lowest BCUT2D eigenvalue weighted by molar-refractivity contribution is -0.152. The quantitative estimate of drug-likeness (QED) is 0.445. The van der Waals surface area contributed by atoms with E-state index in [-0.39, 0.29) is 6.61 Å². The summed E-state index contributed by atoms with van der Waals surface area (Å²) in [6.07, 6.45) is -1.58. The zero-order valence-corrected chi connectivity index (χ0v) is 9.91. The van der Waals surface area contributed by atoms with Crippen LogP contribution in [0.25, 0.3) is 0 Å². The van der Waals surface area contributed by atoms with Gasteiger partial charge < -0.3 is 4.74 Å². The highest BCUT2D eigenvalue weighted by atomic mass is 32.3. The summed E-state index contributed by atoms with van der Waals surface area (Å²) >= 11 is 0. The van der Waals surface area contributed by atoms with Gasteiger partial charge in [-0.2, -0.15) is 16.8 Å². The predicted octanol–water partition coefficient (Wildman–Crippen LogP) is -1.42. The van der Waals surface area contributed by atoms with Gasteiger partial charge in [-0.05, 0) is 6.92 Å². The second-order valence-electron chi connectivity index (χ2n) is 2.85. The van der Waals surface area contributed by atoms with Crippen molar-refractivity contribution in [3.05, 3.63) is 0 Å². The van der Waals surface area contributed by atoms with E-state index in [0.717, 1.165) is 0 Å². The van der Waals surface area contributed by atoms with Crippen molar-refractivity contribution in [1.29, 1.82) is 0 Å². The Labute approximate surface area is 92.7 Å². The van der Waals surface area contributed by atoms with Gasteiger partial charge in [0, 0.05) is 0 Å². The van der Waals surface area contributed by atoms with Crippen LogP contribution >= 0.6 is 0 Å². The minimum atomic E-state index is -4.35. The molecule has 94 valence electrons. The van der Waals surface area contributed by atoms with Gasteiger partial charge in [0.05, 0.1) is 6.61 Å². The second kappa shape index (κ2) is 4.65. The van der Waals surface area contributed by atoms with Crippen LogP contribution in [-0.4, -0.2) is 47.2 Å². The molecule has 0 saturated carbocycles. The third kappa shape index (κ3) is 3.70. The Kier molecular flexibility index (Phi) is 3.88. The predicted molar refractivity (Wildman–Crippen MR) is 50.2 cm³/mol. The Hall–Kier alpha value is -0.710. The van der Waals surface area contributed by atoms with Crippen molar-refractivity contribution in [2.45, 2.75) is 13.0 Å². The molecule has 1 fully saturated rings. The number of ether oxygens (including phenoxy) is 1. The van der Waals surface area contributed by atoms with Crippen LogP contribution in [0.15, 0.2) is 0 Å². The van der Waals surface area contributed by atoms with Crippen molar-refractivity contribution in [1.82, 2.24) is 0 Å². The van der Waals surface area contributed by atoms with Gasteiger partial charge >= 0.3 is 5.97 Å². The minimum absolute atomic E-state index is 0.0193. The maximum Gasteiger partial charge on any atom is 0.339 e. The third-order valence-electron chi connectivity index (χ3n) is 1.50. The van der Waals surface area contributed by atoms with Gasteiger partial charge in [0.2, 0.25) is 5.08 Å². The van der Waals surface area contributed by atoms with Crippen LogP contribution in [0, 0.1) is 0 Å². The summed E-state index contributed by atoms with van der Waals surface area (Å²) in [5, 5.41) is -1.31. The zero-order chi connectivity index (χ0) is 12.4. The Morgan fingerprint density at radius 3 is 2.50 bits per heavy atom. The molecule has 0 amide bonds. The largest absolute Gasteiger partial charge is 0.464 e. The fraction of sp³-hybridized carbons (Fsp3) is 0.833. The average Bonchev–Trinajstić information content (AvgIpc) is 2.20. The maximum absolute atomic E-state index is 11.2. The molecule has 1 unspecified atom stereocenters. The number of esters is 1. The lowest BCUT2D eigenvalue weighted by Gasteiger charge is -2.10. The molecule has 10 heteroatoms. The first-order valence-electron chi connectivity index (χ1n) is 4.20. The first kappa shape index (κ1) is 13.4. The fourth-order valence-corrected chi connectivity index (χ4v) is 3.68. The molecule has 1 aliphatic heterocycles. The molecule has 8 nitrogen and oxygen atoms in total. The fourth-order valence-electron chi connectivity index (χ4n) is 0.951. The van der Waals surface area contributed by atoms with Crippen LogP contribution in [0.5, 0.6) is 0 Å². The lowest BCUT2D eigenvalue weighted by atomic mass is 10.4. The van der Waals surface area contributed by atoms with E-state index < -0.39 is 44.0 Å². The van der Waals surface area contributed by atoms with Crippen molar-refractivity contribution in [2.24, 2.45) is 0 Å². The average molecular weight is 274 g/mol. The van der Waals surface area contributed by atoms with Gasteiger partial charge in [-0.15, -0.1) is 0 Å². The second-order valence-corrected chi connectivity index (χ2v) is 6.46. The van der Waals surface area contributed by atoms with E-state index >= 15 is 0 Å². The summed E-state index contributed by atoms with van der Waals surface area (Å²) < 4.78 is 57.3. The van der Waals surface area contributed by atoms with Crippen LogP contribution in [-0.2, 0) is 38.1 Å². The molecule has 0 spiro atoms. The summed E-state index contributed by atoms with van der Waals surface area (Å²) in [7, 11) is -8.58. The molecule has 1 aliphatic rings. The molecular weight excluding hydrogens is 264 g/mol. The van der Waals surface area contributed by atoms with Crippen LogP contribution in [0.2, 0.25) is 0 Å². The van der Waals surface area contributed by atoms with Crippen LogP contribution in [0.4, 0.5) is 0 Å². The third-order valence-corrected chi connectivity index (χ3v) is 4.83. The SMILES string of the molecule is CCOC(=O)C1COS(=O)(=O)CS(=O)(=O)O1. The van der Waals surface area contributed by atoms with Gasteiger partial charge in [0.15, 0.2) is 6.10 Å². The number of hydrogen-bond acceptors (Lipinski definition) is 8. The van der Waals surface area contributed by atoms with Crippen molar-refractivity contribution >= 4 is 26.2 Å². The van der Waals surface area contributed by atoms with Crippen molar-refractivity contribution in [3.63, 3.8) is 0 Å². The number of carbonyl (C=O) groups is 1. The molecule has 0 aromatic heterocycles. The van der Waals surface area contributed by atoms with Gasteiger partial charge in [-0.3, -0.25) is 8.37 Å². The standard InChI is InChI=1S/C6H10O8S2/c1-2-12-6(7)5-3-13-15(8,9)4-16(10,11)14-5/h5H,2-4H2,1H3. The Morgan fingerprint density at radius 1 is 1.31 bits per heavy atom. The van der Waals surface area contributed by atoms with E-state index in [4.69, 9.17) is 0 Å². The van der Waals surface area contributed by atoms with E-state index in [0.29, 0.717) is 0 Å². The lowest BCUT2D eigenvalue weighted by Crippen LogP contribution is -2.31. The van der Waals surface area contributed by atoms with Crippen LogP contribution < -0.4 is 0 Å². The summed E-state index contributed by atoms with van der Waals surface area (Å²) in [6.45, 7) is 0.826. The Bertz CT molecular complexity index is 461. The molecule has 0 N–H and O–H groups in total. The summed E-state index contributed by atoms with van der Waals surface area (Å²) in [4.78, 5) is 11.2. The van der Waals surface area contributed by atoms with Gasteiger partial charge in [-0.1, -0.05) is 0 Å². The minimum Gasteiger partial charge on any atom is -0.464 e. The van der Waals surface area contributed by atoms with E-state index in [1.54, 1.807) is 0 Å². The molecule has 1 heterocycles. The van der Waals surface area contributed by atoms with Crippen molar-refractivity contribution in [2.75, 3.05) is 18.3 Å². The first-order chi connectivity index (χ1) is 7.26. The molecule has 0 aromatic carbocycles. The molecule has 0 aromatic rings. The van der Waals surface area contributed by atoms with Crippen LogP contribution in [0.1, 0.15) is 6.92 Å². The van der Waals surface area contributed by atoms with Gasteiger partial charge in [-0.25, -0.2) is 4.79 Å². The van der Waals surface area contributed by atoms with Gasteiger partial charge in [0.1, 0.15) is 6.61 Å². The van der Waals surface area contributed by atoms with Crippen LogP contribution in [0.3, 0.4) is 0 Å². The van der Waals surface area contributed by atoms with Crippen molar-refractivity contribution < 1.29 is 34.7 Å². The van der Waals surface area contributed by atoms with E-state index in [2.05, 4.69) is 13.1 Å². The molecule has 0 radical (unpaired) electrons.